The van der Waals surface area contributed by atoms with E-state index < -0.39 is 10.0 Å². The highest BCUT2D eigenvalue weighted by atomic mass is 35.5. The molecule has 6 heteroatoms. The first kappa shape index (κ1) is 15.3. The third kappa shape index (κ3) is 4.84. The van der Waals surface area contributed by atoms with Crippen LogP contribution < -0.4 is 10.0 Å². The Morgan fingerprint density at radius 2 is 2.00 bits per heavy atom. The number of benzene rings is 1. The van der Waals surface area contributed by atoms with Gasteiger partial charge in [-0.05, 0) is 37.6 Å². The Morgan fingerprint density at radius 1 is 1.28 bits per heavy atom. The molecular formula is C12H19ClN2O2S. The Balaban J connectivity index is 2.62. The van der Waals surface area contributed by atoms with Gasteiger partial charge in [0.25, 0.3) is 0 Å². The van der Waals surface area contributed by atoms with E-state index in [1.165, 1.54) is 0 Å². The van der Waals surface area contributed by atoms with Crippen LogP contribution in [0.25, 0.3) is 0 Å². The summed E-state index contributed by atoms with van der Waals surface area (Å²) in [6.07, 6.45) is 0.987. The summed E-state index contributed by atoms with van der Waals surface area (Å²) in [5, 5.41) is 3.61. The van der Waals surface area contributed by atoms with Crippen LogP contribution in [0.1, 0.15) is 18.9 Å². The summed E-state index contributed by atoms with van der Waals surface area (Å²) in [7, 11) is -3.33. The van der Waals surface area contributed by atoms with Crippen molar-refractivity contribution >= 4 is 27.3 Å². The molecule has 2 N–H and O–H groups in total. The van der Waals surface area contributed by atoms with Crippen molar-refractivity contribution in [1.29, 1.82) is 0 Å². The first-order chi connectivity index (χ1) is 8.46. The van der Waals surface area contributed by atoms with E-state index in [1.807, 2.05) is 6.92 Å². The Kier molecular flexibility index (Phi) is 5.91. The molecule has 0 unspecified atom stereocenters. The highest BCUT2D eigenvalue weighted by Gasteiger charge is 2.12. The first-order valence-corrected chi connectivity index (χ1v) is 7.95. The molecule has 4 nitrogen and oxygen atoms in total. The van der Waals surface area contributed by atoms with Crippen LogP contribution in [0.3, 0.4) is 0 Å². The molecule has 0 aliphatic heterocycles. The van der Waals surface area contributed by atoms with Crippen molar-refractivity contribution in [2.24, 2.45) is 0 Å². The number of rotatable bonds is 7. The highest BCUT2D eigenvalue weighted by molar-refractivity contribution is 7.92. The van der Waals surface area contributed by atoms with Gasteiger partial charge in [-0.25, -0.2) is 8.42 Å². The third-order valence-electron chi connectivity index (χ3n) is 2.51. The lowest BCUT2D eigenvalue weighted by molar-refractivity contribution is 0.595. The van der Waals surface area contributed by atoms with Crippen LogP contribution in [0, 0.1) is 6.92 Å². The molecule has 1 aromatic carbocycles. The van der Waals surface area contributed by atoms with Crippen LogP contribution in [-0.4, -0.2) is 27.3 Å². The molecule has 0 bridgehead atoms. The second kappa shape index (κ2) is 6.97. The molecule has 0 radical (unpaired) electrons. The zero-order chi connectivity index (χ0) is 13.6. The minimum atomic E-state index is -3.33. The summed E-state index contributed by atoms with van der Waals surface area (Å²) in [5.74, 6) is 0.0545. The van der Waals surface area contributed by atoms with Gasteiger partial charge in [0.2, 0.25) is 10.0 Å². The van der Waals surface area contributed by atoms with E-state index in [1.54, 1.807) is 25.1 Å². The standard InChI is InChI=1S/C12H19ClN2O2S/c1-3-7-14-8-9-18(16,17)15-12-6-4-5-11(13)10(12)2/h4-6,14-15H,3,7-9H2,1-2H3. The molecule has 102 valence electrons. The molecule has 0 aliphatic carbocycles. The lowest BCUT2D eigenvalue weighted by atomic mass is 10.2. The van der Waals surface area contributed by atoms with Gasteiger partial charge in [0.1, 0.15) is 0 Å². The van der Waals surface area contributed by atoms with Gasteiger partial charge in [-0.3, -0.25) is 4.72 Å². The summed E-state index contributed by atoms with van der Waals surface area (Å²) in [4.78, 5) is 0. The van der Waals surface area contributed by atoms with E-state index in [-0.39, 0.29) is 5.75 Å². The number of hydrogen-bond acceptors (Lipinski definition) is 3. The first-order valence-electron chi connectivity index (χ1n) is 5.92. The largest absolute Gasteiger partial charge is 0.316 e. The molecule has 0 heterocycles. The number of halogens is 1. The van der Waals surface area contributed by atoms with E-state index in [4.69, 9.17) is 11.6 Å². The number of nitrogens with one attached hydrogen (secondary N) is 2. The van der Waals surface area contributed by atoms with Crippen LogP contribution in [-0.2, 0) is 10.0 Å². The number of anilines is 1. The van der Waals surface area contributed by atoms with Crippen molar-refractivity contribution in [3.8, 4) is 0 Å². The summed E-state index contributed by atoms with van der Waals surface area (Å²) in [6.45, 7) is 5.10. The summed E-state index contributed by atoms with van der Waals surface area (Å²) >= 11 is 5.94. The Hall–Kier alpha value is -0.780. The molecule has 0 spiro atoms. The fourth-order valence-corrected chi connectivity index (χ4v) is 2.69. The zero-order valence-electron chi connectivity index (χ0n) is 10.7. The molecule has 0 atom stereocenters. The molecule has 0 amide bonds. The third-order valence-corrected chi connectivity index (χ3v) is 4.19. The van der Waals surface area contributed by atoms with Crippen LogP contribution in [0.2, 0.25) is 5.02 Å². The minimum absolute atomic E-state index is 0.0545. The van der Waals surface area contributed by atoms with Gasteiger partial charge in [-0.1, -0.05) is 24.6 Å². The van der Waals surface area contributed by atoms with Gasteiger partial charge < -0.3 is 5.32 Å². The van der Waals surface area contributed by atoms with Crippen LogP contribution in [0.15, 0.2) is 18.2 Å². The molecule has 0 aromatic heterocycles. The lowest BCUT2D eigenvalue weighted by Gasteiger charge is -2.11. The Morgan fingerprint density at radius 3 is 2.67 bits per heavy atom. The fraction of sp³-hybridized carbons (Fsp3) is 0.500. The summed E-state index contributed by atoms with van der Waals surface area (Å²) in [5.41, 5.74) is 1.28. The number of hydrogen-bond donors (Lipinski definition) is 2. The second-order valence-corrected chi connectivity index (χ2v) is 6.33. The molecular weight excluding hydrogens is 272 g/mol. The molecule has 0 fully saturated rings. The van der Waals surface area contributed by atoms with Gasteiger partial charge in [-0.2, -0.15) is 0 Å². The van der Waals surface area contributed by atoms with Gasteiger partial charge in [-0.15, -0.1) is 0 Å². The highest BCUT2D eigenvalue weighted by Crippen LogP contribution is 2.23. The van der Waals surface area contributed by atoms with Crippen molar-refractivity contribution in [1.82, 2.24) is 5.32 Å². The molecule has 0 saturated carbocycles. The van der Waals surface area contributed by atoms with Gasteiger partial charge >= 0.3 is 0 Å². The van der Waals surface area contributed by atoms with Crippen LogP contribution in [0.5, 0.6) is 0 Å². The lowest BCUT2D eigenvalue weighted by Crippen LogP contribution is -2.27. The van der Waals surface area contributed by atoms with Gasteiger partial charge in [0, 0.05) is 11.6 Å². The quantitative estimate of drug-likeness (QED) is 0.758. The van der Waals surface area contributed by atoms with Crippen molar-refractivity contribution in [3.63, 3.8) is 0 Å². The molecule has 1 aromatic rings. The number of sulfonamides is 1. The van der Waals surface area contributed by atoms with Crippen molar-refractivity contribution in [3.05, 3.63) is 28.8 Å². The molecule has 18 heavy (non-hydrogen) atoms. The predicted octanol–water partition coefficient (Wildman–Crippen LogP) is 2.39. The maximum atomic E-state index is 11.8. The van der Waals surface area contributed by atoms with E-state index in [0.29, 0.717) is 17.3 Å². The van der Waals surface area contributed by atoms with Gasteiger partial charge in [0.15, 0.2) is 0 Å². The maximum absolute atomic E-state index is 11.8. The average molecular weight is 291 g/mol. The normalized spacial score (nSPS) is 11.5. The van der Waals surface area contributed by atoms with E-state index in [0.717, 1.165) is 18.5 Å². The average Bonchev–Trinajstić information content (AvgIpc) is 2.31. The Labute approximate surface area is 114 Å². The molecule has 0 saturated heterocycles. The second-order valence-electron chi connectivity index (χ2n) is 4.08. The van der Waals surface area contributed by atoms with E-state index in [9.17, 15) is 8.42 Å². The van der Waals surface area contributed by atoms with Gasteiger partial charge in [0.05, 0.1) is 11.4 Å². The molecule has 1 rings (SSSR count). The van der Waals surface area contributed by atoms with E-state index >= 15 is 0 Å². The minimum Gasteiger partial charge on any atom is -0.316 e. The van der Waals surface area contributed by atoms with Crippen molar-refractivity contribution in [2.45, 2.75) is 20.3 Å². The fourth-order valence-electron chi connectivity index (χ4n) is 1.44. The monoisotopic (exact) mass is 290 g/mol. The maximum Gasteiger partial charge on any atom is 0.233 e. The van der Waals surface area contributed by atoms with Crippen molar-refractivity contribution in [2.75, 3.05) is 23.6 Å². The SMILES string of the molecule is CCCNCCS(=O)(=O)Nc1cccc(Cl)c1C. The smallest absolute Gasteiger partial charge is 0.233 e. The van der Waals surface area contributed by atoms with E-state index in [2.05, 4.69) is 10.0 Å². The van der Waals surface area contributed by atoms with Crippen LogP contribution in [0.4, 0.5) is 5.69 Å². The Bertz CT molecular complexity index is 489. The summed E-state index contributed by atoms with van der Waals surface area (Å²) < 4.78 is 26.2. The summed E-state index contributed by atoms with van der Waals surface area (Å²) in [6, 6.07) is 5.16. The van der Waals surface area contributed by atoms with Crippen LogP contribution >= 0.6 is 11.6 Å². The molecule has 0 aliphatic rings. The zero-order valence-corrected chi connectivity index (χ0v) is 12.2. The topological polar surface area (TPSA) is 58.2 Å². The predicted molar refractivity (Wildman–Crippen MR) is 76.8 cm³/mol. The van der Waals surface area contributed by atoms with Crippen molar-refractivity contribution < 1.29 is 8.42 Å².